The zero-order valence-corrected chi connectivity index (χ0v) is 15.7. The Kier molecular flexibility index (Phi) is 7.72. The van der Waals surface area contributed by atoms with Crippen molar-refractivity contribution in [3.8, 4) is 5.75 Å². The van der Waals surface area contributed by atoms with Gasteiger partial charge in [-0.1, -0.05) is 25.1 Å². The number of nitrogens with zero attached hydrogens (tertiary/aromatic N) is 1. The molecule has 0 spiro atoms. The number of guanidine groups is 1. The summed E-state index contributed by atoms with van der Waals surface area (Å²) < 4.78 is 11.2. The van der Waals surface area contributed by atoms with Crippen molar-refractivity contribution >= 4 is 17.7 Å². The van der Waals surface area contributed by atoms with E-state index in [1.54, 1.807) is 14.2 Å². The summed E-state index contributed by atoms with van der Waals surface area (Å²) in [6.07, 6.45) is 2.17. The van der Waals surface area contributed by atoms with Crippen LogP contribution in [0.5, 0.6) is 5.75 Å². The quantitative estimate of drug-likeness (QED) is 0.584. The predicted molar refractivity (Wildman–Crippen MR) is 102 cm³/mol. The molecule has 1 heterocycles. The summed E-state index contributed by atoms with van der Waals surface area (Å²) in [4.78, 5) is 4.35. The summed E-state index contributed by atoms with van der Waals surface area (Å²) in [5.74, 6) is 2.83. The number of nitrogens with one attached hydrogen (secondary N) is 2. The molecule has 2 N–H and O–H groups in total. The highest BCUT2D eigenvalue weighted by atomic mass is 32.2. The summed E-state index contributed by atoms with van der Waals surface area (Å²) in [6, 6.07) is 8.03. The Morgan fingerprint density at radius 2 is 2.04 bits per heavy atom. The van der Waals surface area contributed by atoms with Crippen molar-refractivity contribution < 1.29 is 9.47 Å². The van der Waals surface area contributed by atoms with Crippen LogP contribution in [0.1, 0.15) is 25.3 Å². The third kappa shape index (κ3) is 5.31. The normalized spacial score (nSPS) is 17.4. The molecule has 0 aromatic heterocycles. The minimum atomic E-state index is 0.245. The highest BCUT2D eigenvalue weighted by Gasteiger charge is 2.32. The highest BCUT2D eigenvalue weighted by Crippen LogP contribution is 2.34. The van der Waals surface area contributed by atoms with Gasteiger partial charge < -0.3 is 20.1 Å². The minimum Gasteiger partial charge on any atom is -0.496 e. The Morgan fingerprint density at radius 1 is 1.29 bits per heavy atom. The molecule has 1 aromatic rings. The first-order valence-corrected chi connectivity index (χ1v) is 9.49. The van der Waals surface area contributed by atoms with Gasteiger partial charge in [0.15, 0.2) is 5.96 Å². The molecular formula is C18H29N3O2S. The maximum Gasteiger partial charge on any atom is 0.191 e. The topological polar surface area (TPSA) is 54.9 Å². The van der Waals surface area contributed by atoms with Crippen LogP contribution in [0.3, 0.4) is 0 Å². The fraction of sp³-hybridized carbons (Fsp3) is 0.611. The Bertz CT molecular complexity index is 525. The summed E-state index contributed by atoms with van der Waals surface area (Å²) in [5, 5.41) is 6.87. The van der Waals surface area contributed by atoms with Gasteiger partial charge in [0.25, 0.3) is 0 Å². The molecule has 1 saturated heterocycles. The Labute approximate surface area is 149 Å². The highest BCUT2D eigenvalue weighted by molar-refractivity contribution is 8.00. The monoisotopic (exact) mass is 351 g/mol. The van der Waals surface area contributed by atoms with E-state index in [0.29, 0.717) is 6.54 Å². The van der Waals surface area contributed by atoms with E-state index in [4.69, 9.17) is 9.47 Å². The van der Waals surface area contributed by atoms with Crippen LogP contribution in [0.25, 0.3) is 0 Å². The van der Waals surface area contributed by atoms with Crippen molar-refractivity contribution in [3.05, 3.63) is 29.8 Å². The Morgan fingerprint density at radius 3 is 2.71 bits per heavy atom. The van der Waals surface area contributed by atoms with E-state index < -0.39 is 0 Å². The summed E-state index contributed by atoms with van der Waals surface area (Å²) in [7, 11) is 3.50. The predicted octanol–water partition coefficient (Wildman–Crippen LogP) is 2.66. The van der Waals surface area contributed by atoms with Gasteiger partial charge in [0.1, 0.15) is 5.75 Å². The maximum atomic E-state index is 5.53. The molecule has 0 bridgehead atoms. The lowest BCUT2D eigenvalue weighted by atomic mass is 9.99. The summed E-state index contributed by atoms with van der Waals surface area (Å²) >= 11 is 2.03. The molecule has 0 aliphatic carbocycles. The van der Waals surface area contributed by atoms with E-state index in [1.807, 2.05) is 30.0 Å². The van der Waals surface area contributed by atoms with Gasteiger partial charge in [-0.3, -0.25) is 4.99 Å². The molecule has 0 unspecified atom stereocenters. The van der Waals surface area contributed by atoms with Crippen molar-refractivity contribution in [2.75, 3.05) is 39.7 Å². The van der Waals surface area contributed by atoms with E-state index in [0.717, 1.165) is 55.6 Å². The van der Waals surface area contributed by atoms with E-state index >= 15 is 0 Å². The molecule has 24 heavy (non-hydrogen) atoms. The minimum absolute atomic E-state index is 0.245. The number of para-hydroxylation sites is 1. The molecule has 0 atom stereocenters. The second-order valence-corrected chi connectivity index (χ2v) is 7.55. The number of hydrogen-bond acceptors (Lipinski definition) is 4. The lowest BCUT2D eigenvalue weighted by Crippen LogP contribution is -2.48. The molecule has 0 amide bonds. The van der Waals surface area contributed by atoms with Crippen LogP contribution in [0.15, 0.2) is 29.3 Å². The third-order valence-electron chi connectivity index (χ3n) is 4.29. The van der Waals surface area contributed by atoms with E-state index in [1.165, 1.54) is 0 Å². The first kappa shape index (κ1) is 18.9. The molecular weight excluding hydrogens is 322 g/mol. The van der Waals surface area contributed by atoms with Gasteiger partial charge in [0, 0.05) is 43.7 Å². The number of thioether (sulfide) groups is 1. The first-order valence-electron chi connectivity index (χ1n) is 8.51. The van der Waals surface area contributed by atoms with Crippen LogP contribution in [0.4, 0.5) is 0 Å². The van der Waals surface area contributed by atoms with Crippen LogP contribution in [0.2, 0.25) is 0 Å². The van der Waals surface area contributed by atoms with Crippen molar-refractivity contribution in [2.24, 2.45) is 4.99 Å². The van der Waals surface area contributed by atoms with Gasteiger partial charge in [0.05, 0.1) is 7.11 Å². The lowest BCUT2D eigenvalue weighted by Gasteiger charge is -2.37. The number of ether oxygens (including phenoxy) is 2. The van der Waals surface area contributed by atoms with Crippen LogP contribution in [0, 0.1) is 0 Å². The van der Waals surface area contributed by atoms with Gasteiger partial charge in [0.2, 0.25) is 0 Å². The van der Waals surface area contributed by atoms with Gasteiger partial charge in [-0.25, -0.2) is 0 Å². The third-order valence-corrected chi connectivity index (χ3v) is 5.75. The average molecular weight is 352 g/mol. The van der Waals surface area contributed by atoms with Gasteiger partial charge in [-0.15, -0.1) is 0 Å². The number of hydrogen-bond donors (Lipinski definition) is 2. The van der Waals surface area contributed by atoms with Crippen LogP contribution in [-0.2, 0) is 11.3 Å². The van der Waals surface area contributed by atoms with Crippen molar-refractivity contribution in [1.29, 1.82) is 0 Å². The molecule has 1 aliphatic heterocycles. The Hall–Kier alpha value is -1.40. The van der Waals surface area contributed by atoms with E-state index in [9.17, 15) is 0 Å². The first-order chi connectivity index (χ1) is 11.7. The zero-order valence-electron chi connectivity index (χ0n) is 14.9. The number of methoxy groups -OCH3 is 1. The molecule has 1 aromatic carbocycles. The van der Waals surface area contributed by atoms with Crippen LogP contribution >= 0.6 is 11.8 Å². The standard InChI is InChI=1S/C18H29N3O2S/c1-4-24-18(9-11-23-12-10-18)14-21-17(19-2)20-13-15-7-5-6-8-16(15)22-3/h5-8H,4,9-14H2,1-3H3,(H2,19,20,21). The van der Waals surface area contributed by atoms with E-state index in [-0.39, 0.29) is 4.75 Å². The van der Waals surface area contributed by atoms with Crippen LogP contribution in [-0.4, -0.2) is 50.4 Å². The van der Waals surface area contributed by atoms with E-state index in [2.05, 4.69) is 28.6 Å². The van der Waals surface area contributed by atoms with Crippen molar-refractivity contribution in [2.45, 2.75) is 31.1 Å². The van der Waals surface area contributed by atoms with Crippen molar-refractivity contribution in [1.82, 2.24) is 10.6 Å². The van der Waals surface area contributed by atoms with Gasteiger partial charge >= 0.3 is 0 Å². The SMILES string of the molecule is CCSC1(CNC(=NC)NCc2ccccc2OC)CCOCC1. The number of benzene rings is 1. The maximum absolute atomic E-state index is 5.53. The van der Waals surface area contributed by atoms with Crippen LogP contribution < -0.4 is 15.4 Å². The largest absolute Gasteiger partial charge is 0.496 e. The molecule has 6 heteroatoms. The molecule has 2 rings (SSSR count). The molecule has 0 radical (unpaired) electrons. The molecule has 134 valence electrons. The zero-order chi connectivity index (χ0) is 17.3. The molecule has 0 saturated carbocycles. The summed E-state index contributed by atoms with van der Waals surface area (Å²) in [5.41, 5.74) is 1.12. The fourth-order valence-electron chi connectivity index (χ4n) is 2.92. The lowest BCUT2D eigenvalue weighted by molar-refractivity contribution is 0.0782. The second-order valence-electron chi connectivity index (χ2n) is 5.82. The average Bonchev–Trinajstić information content (AvgIpc) is 2.63. The number of rotatable bonds is 7. The molecule has 5 nitrogen and oxygen atoms in total. The van der Waals surface area contributed by atoms with Crippen molar-refractivity contribution in [3.63, 3.8) is 0 Å². The van der Waals surface area contributed by atoms with Gasteiger partial charge in [-0.2, -0.15) is 11.8 Å². The molecule has 1 aliphatic rings. The fourth-order valence-corrected chi connectivity index (χ4v) is 4.16. The number of aliphatic imine (C=N–C) groups is 1. The molecule has 1 fully saturated rings. The second kappa shape index (κ2) is 9.79. The summed E-state index contributed by atoms with van der Waals surface area (Å²) in [6.45, 7) is 5.50. The smallest absolute Gasteiger partial charge is 0.191 e. The Balaban J connectivity index is 1.89. The van der Waals surface area contributed by atoms with Gasteiger partial charge in [-0.05, 0) is 24.7 Å².